The van der Waals surface area contributed by atoms with E-state index in [-0.39, 0.29) is 5.76 Å². The second kappa shape index (κ2) is 5.30. The van der Waals surface area contributed by atoms with E-state index in [2.05, 4.69) is 6.58 Å². The van der Waals surface area contributed by atoms with Gasteiger partial charge in [-0.1, -0.05) is 6.58 Å². The fourth-order valence-electron chi connectivity index (χ4n) is 1.03. The molecule has 1 rings (SSSR count). The molecule has 16 heavy (non-hydrogen) atoms. The van der Waals surface area contributed by atoms with Crippen LogP contribution in [0.4, 0.5) is 13.2 Å². The largest absolute Gasteiger partial charge is 0.513 e. The monoisotopic (exact) mass is 248 g/mol. The van der Waals surface area contributed by atoms with E-state index in [9.17, 15) is 13.2 Å². The van der Waals surface area contributed by atoms with E-state index in [4.69, 9.17) is 5.11 Å². The molecule has 1 aromatic carbocycles. The van der Waals surface area contributed by atoms with E-state index in [1.54, 1.807) is 0 Å². The highest BCUT2D eigenvalue weighted by Crippen LogP contribution is 2.30. The Bertz CT molecular complexity index is 356. The highest BCUT2D eigenvalue weighted by atomic mass is 32.2. The van der Waals surface area contributed by atoms with Crippen LogP contribution in [0.3, 0.4) is 0 Å². The second-order valence-electron chi connectivity index (χ2n) is 3.19. The Balaban J connectivity index is 2.55. The Labute approximate surface area is 96.0 Å². The summed E-state index contributed by atoms with van der Waals surface area (Å²) in [5, 5.41) is 8.82. The fourth-order valence-corrected chi connectivity index (χ4v) is 1.93. The molecule has 1 nitrogen and oxygen atoms in total. The van der Waals surface area contributed by atoms with Crippen molar-refractivity contribution in [2.24, 2.45) is 0 Å². The third-order valence-corrected chi connectivity index (χ3v) is 2.85. The molecule has 0 fully saturated rings. The van der Waals surface area contributed by atoms with Crippen molar-refractivity contribution in [2.75, 3.05) is 5.75 Å². The first-order valence-corrected chi connectivity index (χ1v) is 5.55. The summed E-state index contributed by atoms with van der Waals surface area (Å²) in [6.45, 7) is 3.33. The van der Waals surface area contributed by atoms with Gasteiger partial charge in [0.2, 0.25) is 0 Å². The number of alkyl halides is 3. The summed E-state index contributed by atoms with van der Waals surface area (Å²) in [5.41, 5.74) is -0.650. The standard InChI is InChI=1S/C11H11F3OS/c1-8(15)6-7-16-10-4-2-9(3-5-10)11(12,13)14/h2-5,15H,1,6-7H2. The van der Waals surface area contributed by atoms with Crippen LogP contribution in [-0.2, 0) is 6.18 Å². The van der Waals surface area contributed by atoms with Crippen LogP contribution in [0.25, 0.3) is 0 Å². The first-order chi connectivity index (χ1) is 7.39. The Morgan fingerprint density at radius 3 is 2.25 bits per heavy atom. The summed E-state index contributed by atoms with van der Waals surface area (Å²) < 4.78 is 36.7. The minimum Gasteiger partial charge on any atom is -0.513 e. The normalized spacial score (nSPS) is 11.4. The highest BCUT2D eigenvalue weighted by molar-refractivity contribution is 7.99. The molecule has 0 aliphatic heterocycles. The zero-order chi connectivity index (χ0) is 12.2. The average Bonchev–Trinajstić information content (AvgIpc) is 2.16. The van der Waals surface area contributed by atoms with Crippen molar-refractivity contribution in [3.8, 4) is 0 Å². The molecular weight excluding hydrogens is 237 g/mol. The lowest BCUT2D eigenvalue weighted by molar-refractivity contribution is -0.137. The first kappa shape index (κ1) is 13.0. The number of allylic oxidation sites excluding steroid dienone is 1. The van der Waals surface area contributed by atoms with Gasteiger partial charge in [-0.3, -0.25) is 0 Å². The second-order valence-corrected chi connectivity index (χ2v) is 4.36. The molecule has 0 spiro atoms. The maximum absolute atomic E-state index is 12.2. The van der Waals surface area contributed by atoms with Gasteiger partial charge in [-0.15, -0.1) is 11.8 Å². The maximum atomic E-state index is 12.2. The predicted molar refractivity (Wildman–Crippen MR) is 58.6 cm³/mol. The summed E-state index contributed by atoms with van der Waals surface area (Å²) in [7, 11) is 0. The smallest absolute Gasteiger partial charge is 0.416 e. The van der Waals surface area contributed by atoms with Crippen LogP contribution < -0.4 is 0 Å². The van der Waals surface area contributed by atoms with Crippen LogP contribution in [-0.4, -0.2) is 10.9 Å². The lowest BCUT2D eigenvalue weighted by Gasteiger charge is -2.07. The van der Waals surface area contributed by atoms with Gasteiger partial charge in [0.05, 0.1) is 11.3 Å². The number of rotatable bonds is 4. The molecular formula is C11H11F3OS. The molecule has 1 N–H and O–H groups in total. The van der Waals surface area contributed by atoms with Crippen molar-refractivity contribution in [1.82, 2.24) is 0 Å². The van der Waals surface area contributed by atoms with Crippen molar-refractivity contribution in [1.29, 1.82) is 0 Å². The predicted octanol–water partition coefficient (Wildman–Crippen LogP) is 4.26. The van der Waals surface area contributed by atoms with E-state index >= 15 is 0 Å². The Kier molecular flexibility index (Phi) is 4.29. The third-order valence-electron chi connectivity index (χ3n) is 1.84. The van der Waals surface area contributed by atoms with Gasteiger partial charge in [-0.25, -0.2) is 0 Å². The van der Waals surface area contributed by atoms with E-state index in [1.807, 2.05) is 0 Å². The molecule has 0 aromatic heterocycles. The SMILES string of the molecule is C=C(O)CCSc1ccc(C(F)(F)F)cc1. The van der Waals surface area contributed by atoms with Crippen molar-refractivity contribution in [3.05, 3.63) is 42.2 Å². The van der Waals surface area contributed by atoms with Gasteiger partial charge in [0, 0.05) is 17.1 Å². The van der Waals surface area contributed by atoms with Crippen molar-refractivity contribution >= 4 is 11.8 Å². The number of hydrogen-bond acceptors (Lipinski definition) is 2. The van der Waals surface area contributed by atoms with Gasteiger partial charge in [-0.2, -0.15) is 13.2 Å². The van der Waals surface area contributed by atoms with E-state index in [0.717, 1.165) is 17.0 Å². The lowest BCUT2D eigenvalue weighted by atomic mass is 10.2. The van der Waals surface area contributed by atoms with Gasteiger partial charge in [0.1, 0.15) is 0 Å². The van der Waals surface area contributed by atoms with Crippen molar-refractivity contribution in [2.45, 2.75) is 17.5 Å². The maximum Gasteiger partial charge on any atom is 0.416 e. The summed E-state index contributed by atoms with van der Waals surface area (Å²) in [4.78, 5) is 0.745. The quantitative estimate of drug-likeness (QED) is 0.634. The number of benzene rings is 1. The summed E-state index contributed by atoms with van der Waals surface area (Å²) in [6, 6.07) is 4.95. The molecule has 0 radical (unpaired) electrons. The molecule has 1 aromatic rings. The Morgan fingerprint density at radius 2 is 1.81 bits per heavy atom. The minimum absolute atomic E-state index is 0.0828. The first-order valence-electron chi connectivity index (χ1n) is 4.56. The molecule has 0 heterocycles. The highest BCUT2D eigenvalue weighted by Gasteiger charge is 2.29. The van der Waals surface area contributed by atoms with E-state index < -0.39 is 11.7 Å². The number of aliphatic hydroxyl groups excluding tert-OH is 1. The molecule has 5 heteroatoms. The molecule has 0 saturated carbocycles. The van der Waals surface area contributed by atoms with Crippen molar-refractivity contribution in [3.63, 3.8) is 0 Å². The number of thioether (sulfide) groups is 1. The van der Waals surface area contributed by atoms with Crippen LogP contribution in [0.5, 0.6) is 0 Å². The molecule has 0 aliphatic carbocycles. The third kappa shape index (κ3) is 4.18. The van der Waals surface area contributed by atoms with E-state index in [1.165, 1.54) is 23.9 Å². The molecule has 0 bridgehead atoms. The molecule has 0 amide bonds. The van der Waals surface area contributed by atoms with Crippen LogP contribution >= 0.6 is 11.8 Å². The van der Waals surface area contributed by atoms with Crippen LogP contribution in [0.1, 0.15) is 12.0 Å². The van der Waals surface area contributed by atoms with E-state index in [0.29, 0.717) is 12.2 Å². The van der Waals surface area contributed by atoms with Gasteiger partial charge in [-0.05, 0) is 24.3 Å². The van der Waals surface area contributed by atoms with Crippen molar-refractivity contribution < 1.29 is 18.3 Å². The van der Waals surface area contributed by atoms with Crippen LogP contribution in [0.15, 0.2) is 41.5 Å². The molecule has 0 unspecified atom stereocenters. The molecule has 0 aliphatic rings. The number of halogens is 3. The summed E-state index contributed by atoms with van der Waals surface area (Å²) >= 11 is 1.38. The number of hydrogen-bond donors (Lipinski definition) is 1. The summed E-state index contributed by atoms with van der Waals surface area (Å²) in [5.74, 6) is 0.681. The van der Waals surface area contributed by atoms with Gasteiger partial charge >= 0.3 is 6.18 Å². The Hall–Kier alpha value is -1.10. The van der Waals surface area contributed by atoms with Crippen LogP contribution in [0, 0.1) is 0 Å². The molecule has 0 saturated heterocycles. The van der Waals surface area contributed by atoms with Gasteiger partial charge in [0.25, 0.3) is 0 Å². The van der Waals surface area contributed by atoms with Gasteiger partial charge < -0.3 is 5.11 Å². The summed E-state index contributed by atoms with van der Waals surface area (Å²) in [6.07, 6.45) is -3.85. The molecule has 0 atom stereocenters. The fraction of sp³-hybridized carbons (Fsp3) is 0.273. The lowest BCUT2D eigenvalue weighted by Crippen LogP contribution is -2.03. The van der Waals surface area contributed by atoms with Gasteiger partial charge in [0.15, 0.2) is 0 Å². The average molecular weight is 248 g/mol. The zero-order valence-electron chi connectivity index (χ0n) is 8.42. The topological polar surface area (TPSA) is 20.2 Å². The number of aliphatic hydroxyl groups is 1. The zero-order valence-corrected chi connectivity index (χ0v) is 9.24. The molecule has 88 valence electrons. The van der Waals surface area contributed by atoms with Crippen LogP contribution in [0.2, 0.25) is 0 Å². The Morgan fingerprint density at radius 1 is 1.25 bits per heavy atom. The minimum atomic E-state index is -4.29.